The second kappa shape index (κ2) is 6.76. The standard InChI is InChI=1S/C21H14N2O4/c24-13-17-10-11-20(27-17)15-6-8-16(9-7-15)23-19(12-18(22-23)21(25)26)14-4-2-1-3-5-14/h1-13H,(H,25,26). The Kier molecular flexibility index (Phi) is 4.14. The summed E-state index contributed by atoms with van der Waals surface area (Å²) in [6.07, 6.45) is 0.654. The topological polar surface area (TPSA) is 85.3 Å². The zero-order valence-corrected chi connectivity index (χ0v) is 14.1. The number of aromatic carboxylic acids is 1. The third-order valence-corrected chi connectivity index (χ3v) is 4.14. The van der Waals surface area contributed by atoms with Gasteiger partial charge in [-0.2, -0.15) is 5.10 Å². The number of hydrogen-bond donors (Lipinski definition) is 1. The minimum atomic E-state index is -1.08. The maximum atomic E-state index is 11.4. The van der Waals surface area contributed by atoms with E-state index in [4.69, 9.17) is 4.42 Å². The van der Waals surface area contributed by atoms with E-state index >= 15 is 0 Å². The number of benzene rings is 2. The molecule has 6 heteroatoms. The van der Waals surface area contributed by atoms with E-state index in [-0.39, 0.29) is 11.5 Å². The van der Waals surface area contributed by atoms with E-state index in [0.29, 0.717) is 23.4 Å². The second-order valence-electron chi connectivity index (χ2n) is 5.86. The molecule has 1 N–H and O–H groups in total. The van der Waals surface area contributed by atoms with Crippen LogP contribution in [-0.4, -0.2) is 27.1 Å². The minimum absolute atomic E-state index is 0.0282. The van der Waals surface area contributed by atoms with Crippen molar-refractivity contribution in [2.75, 3.05) is 0 Å². The minimum Gasteiger partial charge on any atom is -0.476 e. The van der Waals surface area contributed by atoms with Gasteiger partial charge in [-0.15, -0.1) is 0 Å². The van der Waals surface area contributed by atoms with Crippen LogP contribution in [-0.2, 0) is 0 Å². The summed E-state index contributed by atoms with van der Waals surface area (Å²) in [6.45, 7) is 0. The van der Waals surface area contributed by atoms with Gasteiger partial charge in [0.05, 0.1) is 11.4 Å². The molecule has 27 heavy (non-hydrogen) atoms. The van der Waals surface area contributed by atoms with Crippen LogP contribution in [0.25, 0.3) is 28.3 Å². The van der Waals surface area contributed by atoms with E-state index in [2.05, 4.69) is 5.10 Å². The van der Waals surface area contributed by atoms with Gasteiger partial charge in [0.1, 0.15) is 5.76 Å². The fraction of sp³-hybridized carbons (Fsp3) is 0. The van der Waals surface area contributed by atoms with Crippen LogP contribution in [0.5, 0.6) is 0 Å². The number of carboxylic acids is 1. The third kappa shape index (κ3) is 3.16. The van der Waals surface area contributed by atoms with Crippen LogP contribution in [0.3, 0.4) is 0 Å². The number of carboxylic acid groups (broad SMARTS) is 1. The number of carbonyl (C=O) groups excluding carboxylic acids is 1. The van der Waals surface area contributed by atoms with Gasteiger partial charge in [0.15, 0.2) is 17.7 Å². The van der Waals surface area contributed by atoms with E-state index in [0.717, 1.165) is 11.1 Å². The largest absolute Gasteiger partial charge is 0.476 e. The lowest BCUT2D eigenvalue weighted by Gasteiger charge is -2.08. The number of furan rings is 1. The first-order valence-electron chi connectivity index (χ1n) is 8.20. The van der Waals surface area contributed by atoms with Crippen molar-refractivity contribution in [1.29, 1.82) is 0 Å². The Morgan fingerprint density at radius 3 is 2.33 bits per heavy atom. The van der Waals surface area contributed by atoms with Crippen molar-refractivity contribution in [3.05, 3.63) is 84.3 Å². The molecule has 132 valence electrons. The van der Waals surface area contributed by atoms with E-state index in [1.807, 2.05) is 54.6 Å². The lowest BCUT2D eigenvalue weighted by Crippen LogP contribution is -2.02. The molecular formula is C21H14N2O4. The molecule has 0 aliphatic heterocycles. The molecule has 0 aliphatic carbocycles. The first-order valence-corrected chi connectivity index (χ1v) is 8.20. The maximum Gasteiger partial charge on any atom is 0.356 e. The van der Waals surface area contributed by atoms with Crippen LogP contribution in [0.2, 0.25) is 0 Å². The van der Waals surface area contributed by atoms with E-state index in [1.165, 1.54) is 0 Å². The Hall–Kier alpha value is -3.93. The van der Waals surface area contributed by atoms with Gasteiger partial charge in [0, 0.05) is 11.1 Å². The highest BCUT2D eigenvalue weighted by Crippen LogP contribution is 2.27. The fourth-order valence-corrected chi connectivity index (χ4v) is 2.84. The predicted molar refractivity (Wildman–Crippen MR) is 99.0 cm³/mol. The van der Waals surface area contributed by atoms with Gasteiger partial charge < -0.3 is 9.52 Å². The van der Waals surface area contributed by atoms with Gasteiger partial charge in [0.25, 0.3) is 0 Å². The van der Waals surface area contributed by atoms with Crippen molar-refractivity contribution >= 4 is 12.3 Å². The SMILES string of the molecule is O=Cc1ccc(-c2ccc(-n3nc(C(=O)O)cc3-c3ccccc3)cc2)o1. The molecule has 0 saturated carbocycles. The zero-order chi connectivity index (χ0) is 18.8. The van der Waals surface area contributed by atoms with Crippen LogP contribution in [0.1, 0.15) is 21.0 Å². The molecule has 4 aromatic rings. The van der Waals surface area contributed by atoms with Crippen molar-refractivity contribution in [3.8, 4) is 28.3 Å². The smallest absolute Gasteiger partial charge is 0.356 e. The Morgan fingerprint density at radius 1 is 0.963 bits per heavy atom. The van der Waals surface area contributed by atoms with Crippen LogP contribution < -0.4 is 0 Å². The molecule has 6 nitrogen and oxygen atoms in total. The first kappa shape index (κ1) is 16.5. The van der Waals surface area contributed by atoms with Crippen LogP contribution in [0.15, 0.2) is 77.2 Å². The molecule has 2 heterocycles. The summed E-state index contributed by atoms with van der Waals surface area (Å²) in [4.78, 5) is 22.1. The predicted octanol–water partition coefficient (Wildman–Crippen LogP) is 4.31. The first-order chi connectivity index (χ1) is 13.2. The molecule has 4 rings (SSSR count). The number of hydrogen-bond acceptors (Lipinski definition) is 4. The Morgan fingerprint density at radius 2 is 1.70 bits per heavy atom. The lowest BCUT2D eigenvalue weighted by molar-refractivity contribution is 0.0690. The molecule has 0 bridgehead atoms. The van der Waals surface area contributed by atoms with Crippen molar-refractivity contribution in [3.63, 3.8) is 0 Å². The van der Waals surface area contributed by atoms with Crippen molar-refractivity contribution in [2.24, 2.45) is 0 Å². The summed E-state index contributed by atoms with van der Waals surface area (Å²) in [5.41, 5.74) is 3.04. The molecule has 0 unspecified atom stereocenters. The highest BCUT2D eigenvalue weighted by atomic mass is 16.4. The van der Waals surface area contributed by atoms with Gasteiger partial charge in [-0.25, -0.2) is 9.48 Å². The normalized spacial score (nSPS) is 10.7. The van der Waals surface area contributed by atoms with Gasteiger partial charge in [-0.3, -0.25) is 4.79 Å². The lowest BCUT2D eigenvalue weighted by atomic mass is 10.1. The molecule has 0 spiro atoms. The Bertz CT molecular complexity index is 1110. The molecular weight excluding hydrogens is 344 g/mol. The average molecular weight is 358 g/mol. The highest BCUT2D eigenvalue weighted by molar-refractivity contribution is 5.87. The molecule has 0 aliphatic rings. The Labute approximate surface area is 154 Å². The average Bonchev–Trinajstić information content (AvgIpc) is 3.36. The summed E-state index contributed by atoms with van der Waals surface area (Å²) in [5.74, 6) is -0.239. The quantitative estimate of drug-likeness (QED) is 0.537. The fourth-order valence-electron chi connectivity index (χ4n) is 2.84. The zero-order valence-electron chi connectivity index (χ0n) is 14.1. The summed E-state index contributed by atoms with van der Waals surface area (Å²) in [6, 6.07) is 21.7. The third-order valence-electron chi connectivity index (χ3n) is 4.14. The molecule has 2 aromatic carbocycles. The molecule has 0 amide bonds. The van der Waals surface area contributed by atoms with Gasteiger partial charge >= 0.3 is 5.97 Å². The van der Waals surface area contributed by atoms with Crippen LogP contribution >= 0.6 is 0 Å². The molecule has 0 fully saturated rings. The summed E-state index contributed by atoms with van der Waals surface area (Å²) >= 11 is 0. The number of aldehydes is 1. The van der Waals surface area contributed by atoms with Crippen molar-refractivity contribution in [2.45, 2.75) is 0 Å². The molecule has 0 atom stereocenters. The Balaban J connectivity index is 1.76. The summed E-state index contributed by atoms with van der Waals surface area (Å²) in [7, 11) is 0. The summed E-state index contributed by atoms with van der Waals surface area (Å²) < 4.78 is 7.02. The molecule has 2 aromatic heterocycles. The highest BCUT2D eigenvalue weighted by Gasteiger charge is 2.16. The summed E-state index contributed by atoms with van der Waals surface area (Å²) in [5, 5.41) is 13.5. The van der Waals surface area contributed by atoms with Crippen LogP contribution in [0.4, 0.5) is 0 Å². The van der Waals surface area contributed by atoms with Gasteiger partial charge in [-0.05, 0) is 42.5 Å². The number of aromatic nitrogens is 2. The number of rotatable bonds is 5. The van der Waals surface area contributed by atoms with Crippen LogP contribution in [0, 0.1) is 0 Å². The molecule has 0 saturated heterocycles. The van der Waals surface area contributed by atoms with E-state index in [1.54, 1.807) is 22.9 Å². The maximum absolute atomic E-state index is 11.4. The van der Waals surface area contributed by atoms with Crippen molar-refractivity contribution < 1.29 is 19.1 Å². The number of carbonyl (C=O) groups is 2. The van der Waals surface area contributed by atoms with Gasteiger partial charge in [0.2, 0.25) is 0 Å². The van der Waals surface area contributed by atoms with Gasteiger partial charge in [-0.1, -0.05) is 30.3 Å². The van der Waals surface area contributed by atoms with E-state index < -0.39 is 5.97 Å². The second-order valence-corrected chi connectivity index (χ2v) is 5.86. The van der Waals surface area contributed by atoms with E-state index in [9.17, 15) is 14.7 Å². The molecule has 0 radical (unpaired) electrons. The van der Waals surface area contributed by atoms with Crippen molar-refractivity contribution in [1.82, 2.24) is 9.78 Å². The number of nitrogens with zero attached hydrogens (tertiary/aromatic N) is 2. The monoisotopic (exact) mass is 358 g/mol.